The number of aliphatic hydroxyl groups excluding tert-OH is 1. The lowest BCUT2D eigenvalue weighted by atomic mass is 9.94. The summed E-state index contributed by atoms with van der Waals surface area (Å²) in [6, 6.07) is 3.44. The summed E-state index contributed by atoms with van der Waals surface area (Å²) >= 11 is 3.43. The molecule has 0 spiro atoms. The molecule has 0 bridgehead atoms. The molecule has 3 N–H and O–H groups in total. The van der Waals surface area contributed by atoms with Crippen LogP contribution in [0.1, 0.15) is 32.3 Å². The molecule has 0 aliphatic carbocycles. The first-order valence-electron chi connectivity index (χ1n) is 6.37. The number of aromatic hydroxyl groups is 1. The molecule has 4 nitrogen and oxygen atoms in total. The van der Waals surface area contributed by atoms with Crippen LogP contribution in [-0.2, 0) is 6.54 Å². The highest BCUT2D eigenvalue weighted by Gasteiger charge is 2.21. The molecule has 0 aliphatic heterocycles. The number of nitrogens with one attached hydrogen (secondary N) is 1. The molecule has 0 aromatic heterocycles. The van der Waals surface area contributed by atoms with Gasteiger partial charge in [0.25, 0.3) is 0 Å². The Morgan fingerprint density at radius 1 is 1.42 bits per heavy atom. The number of benzene rings is 1. The van der Waals surface area contributed by atoms with Gasteiger partial charge in [0.15, 0.2) is 11.5 Å². The minimum absolute atomic E-state index is 0.0979. The minimum atomic E-state index is -0.0979. The molecule has 0 radical (unpaired) electrons. The third-order valence-electron chi connectivity index (χ3n) is 3.50. The Morgan fingerprint density at radius 2 is 2.11 bits per heavy atom. The Bertz CT molecular complexity index is 425. The number of hydrogen-bond donors (Lipinski definition) is 3. The standard InChI is InChI=1S/C14H22BrNO3/c1-4-14(2,5-6-17)16-9-10-7-13(19-3)12(18)8-11(10)15/h7-8,16-18H,4-6,9H2,1-3H3. The molecular weight excluding hydrogens is 310 g/mol. The average molecular weight is 332 g/mol. The zero-order valence-corrected chi connectivity index (χ0v) is 13.2. The highest BCUT2D eigenvalue weighted by molar-refractivity contribution is 9.10. The Hall–Kier alpha value is -0.780. The minimum Gasteiger partial charge on any atom is -0.504 e. The maximum atomic E-state index is 9.67. The van der Waals surface area contributed by atoms with Gasteiger partial charge in [-0.25, -0.2) is 0 Å². The molecule has 0 amide bonds. The summed E-state index contributed by atoms with van der Waals surface area (Å²) in [5, 5.41) is 22.2. The predicted octanol–water partition coefficient (Wildman–Crippen LogP) is 2.80. The maximum Gasteiger partial charge on any atom is 0.160 e. The number of rotatable bonds is 7. The summed E-state index contributed by atoms with van der Waals surface area (Å²) in [6.07, 6.45) is 1.64. The number of phenols is 1. The van der Waals surface area contributed by atoms with Gasteiger partial charge in [0, 0.05) is 23.2 Å². The second kappa shape index (κ2) is 7.12. The number of methoxy groups -OCH3 is 1. The maximum absolute atomic E-state index is 9.67. The van der Waals surface area contributed by atoms with Crippen LogP contribution in [0.3, 0.4) is 0 Å². The van der Waals surface area contributed by atoms with E-state index in [1.54, 1.807) is 12.1 Å². The molecule has 1 unspecified atom stereocenters. The van der Waals surface area contributed by atoms with E-state index in [9.17, 15) is 5.11 Å². The van der Waals surface area contributed by atoms with Crippen molar-refractivity contribution in [3.05, 3.63) is 22.2 Å². The summed E-state index contributed by atoms with van der Waals surface area (Å²) in [7, 11) is 1.53. The van der Waals surface area contributed by atoms with Crippen molar-refractivity contribution in [2.24, 2.45) is 0 Å². The van der Waals surface area contributed by atoms with Crippen LogP contribution >= 0.6 is 15.9 Å². The second-order valence-corrected chi connectivity index (χ2v) is 5.71. The number of halogens is 1. The first-order valence-corrected chi connectivity index (χ1v) is 7.16. The summed E-state index contributed by atoms with van der Waals surface area (Å²) in [4.78, 5) is 0. The third kappa shape index (κ3) is 4.37. The second-order valence-electron chi connectivity index (χ2n) is 4.86. The zero-order valence-electron chi connectivity index (χ0n) is 11.7. The first-order chi connectivity index (χ1) is 8.95. The summed E-state index contributed by atoms with van der Waals surface area (Å²) in [5.41, 5.74) is 0.909. The van der Waals surface area contributed by atoms with Crippen LogP contribution in [-0.4, -0.2) is 29.5 Å². The van der Waals surface area contributed by atoms with E-state index < -0.39 is 0 Å². The van der Waals surface area contributed by atoms with Gasteiger partial charge in [-0.05, 0) is 37.5 Å². The lowest BCUT2D eigenvalue weighted by Gasteiger charge is -2.29. The quantitative estimate of drug-likeness (QED) is 0.719. The monoisotopic (exact) mass is 331 g/mol. The van der Waals surface area contributed by atoms with Crippen LogP contribution in [0.25, 0.3) is 0 Å². The third-order valence-corrected chi connectivity index (χ3v) is 4.24. The number of phenolic OH excluding ortho intramolecular Hbond substituents is 1. The Balaban J connectivity index is 2.82. The lowest BCUT2D eigenvalue weighted by Crippen LogP contribution is -2.42. The molecule has 0 heterocycles. The molecule has 0 saturated carbocycles. The van der Waals surface area contributed by atoms with Crippen LogP contribution in [0.2, 0.25) is 0 Å². The van der Waals surface area contributed by atoms with Gasteiger partial charge < -0.3 is 20.3 Å². The van der Waals surface area contributed by atoms with Crippen molar-refractivity contribution < 1.29 is 14.9 Å². The van der Waals surface area contributed by atoms with Crippen LogP contribution in [0, 0.1) is 0 Å². The smallest absolute Gasteiger partial charge is 0.160 e. The SMILES string of the molecule is CCC(C)(CCO)NCc1cc(OC)c(O)cc1Br. The largest absolute Gasteiger partial charge is 0.504 e. The van der Waals surface area contributed by atoms with Crippen LogP contribution in [0.15, 0.2) is 16.6 Å². The van der Waals surface area contributed by atoms with Gasteiger partial charge in [-0.2, -0.15) is 0 Å². The zero-order chi connectivity index (χ0) is 14.5. The molecule has 19 heavy (non-hydrogen) atoms. The molecule has 0 fully saturated rings. The van der Waals surface area contributed by atoms with E-state index in [0.717, 1.165) is 16.5 Å². The van der Waals surface area contributed by atoms with E-state index in [2.05, 4.69) is 35.1 Å². The summed E-state index contributed by atoms with van der Waals surface area (Å²) in [5.74, 6) is 0.576. The van der Waals surface area contributed by atoms with Gasteiger partial charge >= 0.3 is 0 Å². The lowest BCUT2D eigenvalue weighted by molar-refractivity contribution is 0.214. The van der Waals surface area contributed by atoms with E-state index in [-0.39, 0.29) is 17.9 Å². The Labute approximate surface area is 122 Å². The van der Waals surface area contributed by atoms with E-state index in [1.807, 2.05) is 0 Å². The Kier molecular flexibility index (Phi) is 6.10. The molecule has 1 aromatic carbocycles. The van der Waals surface area contributed by atoms with Gasteiger partial charge in [0.2, 0.25) is 0 Å². The van der Waals surface area contributed by atoms with E-state index in [1.165, 1.54) is 7.11 Å². The van der Waals surface area contributed by atoms with Crippen molar-refractivity contribution in [3.8, 4) is 11.5 Å². The summed E-state index contributed by atoms with van der Waals surface area (Å²) < 4.78 is 5.94. The van der Waals surface area contributed by atoms with Crippen LogP contribution < -0.4 is 10.1 Å². The molecule has 1 aromatic rings. The predicted molar refractivity (Wildman–Crippen MR) is 79.6 cm³/mol. The molecule has 1 rings (SSSR count). The number of ether oxygens (including phenoxy) is 1. The first kappa shape index (κ1) is 16.3. The van der Waals surface area contributed by atoms with Crippen molar-refractivity contribution in [2.75, 3.05) is 13.7 Å². The average Bonchev–Trinajstić information content (AvgIpc) is 2.38. The highest BCUT2D eigenvalue weighted by Crippen LogP contribution is 2.32. The number of hydrogen-bond acceptors (Lipinski definition) is 4. The van der Waals surface area contributed by atoms with Crippen molar-refractivity contribution in [3.63, 3.8) is 0 Å². The molecule has 0 aliphatic rings. The van der Waals surface area contributed by atoms with Crippen molar-refractivity contribution in [2.45, 2.75) is 38.8 Å². The van der Waals surface area contributed by atoms with Gasteiger partial charge in [0.1, 0.15) is 0 Å². The van der Waals surface area contributed by atoms with Crippen molar-refractivity contribution in [1.29, 1.82) is 0 Å². The molecule has 1 atom stereocenters. The van der Waals surface area contributed by atoms with Gasteiger partial charge in [-0.3, -0.25) is 0 Å². The normalized spacial score (nSPS) is 14.2. The topological polar surface area (TPSA) is 61.7 Å². The highest BCUT2D eigenvalue weighted by atomic mass is 79.9. The van der Waals surface area contributed by atoms with Crippen molar-refractivity contribution in [1.82, 2.24) is 5.32 Å². The summed E-state index contributed by atoms with van der Waals surface area (Å²) in [6.45, 7) is 4.99. The molecule has 108 valence electrons. The van der Waals surface area contributed by atoms with Crippen LogP contribution in [0.4, 0.5) is 0 Å². The van der Waals surface area contributed by atoms with E-state index in [4.69, 9.17) is 9.84 Å². The Morgan fingerprint density at radius 3 is 2.63 bits per heavy atom. The van der Waals surface area contributed by atoms with Gasteiger partial charge in [0.05, 0.1) is 7.11 Å². The fraction of sp³-hybridized carbons (Fsp3) is 0.571. The van der Waals surface area contributed by atoms with Crippen molar-refractivity contribution >= 4 is 15.9 Å². The molecule has 0 saturated heterocycles. The van der Waals surface area contributed by atoms with Gasteiger partial charge in [-0.15, -0.1) is 0 Å². The fourth-order valence-corrected chi connectivity index (χ4v) is 2.30. The fourth-order valence-electron chi connectivity index (χ4n) is 1.83. The van der Waals surface area contributed by atoms with Crippen LogP contribution in [0.5, 0.6) is 11.5 Å². The number of aliphatic hydroxyl groups is 1. The van der Waals surface area contributed by atoms with E-state index >= 15 is 0 Å². The van der Waals surface area contributed by atoms with Gasteiger partial charge in [-0.1, -0.05) is 22.9 Å². The molecule has 5 heteroatoms. The molecular formula is C14H22BrNO3. The van der Waals surface area contributed by atoms with E-state index in [0.29, 0.717) is 18.7 Å².